The third-order valence-electron chi connectivity index (χ3n) is 19.6. The van der Waals surface area contributed by atoms with E-state index in [1.165, 1.54) is 52.3 Å². The number of nitrogens with two attached hydrogens (primary N) is 2. The van der Waals surface area contributed by atoms with E-state index in [4.69, 9.17) is 11.5 Å². The Morgan fingerprint density at radius 2 is 1.00 bits per heavy atom. The topological polar surface area (TPSA) is 296 Å². The molecule has 5 aliphatic heterocycles. The zero-order valence-corrected chi connectivity index (χ0v) is 56.3. The summed E-state index contributed by atoms with van der Waals surface area (Å²) in [6.07, 6.45) is 9.00. The summed E-state index contributed by atoms with van der Waals surface area (Å²) in [6.45, 7) is 19.4. The highest BCUT2D eigenvalue weighted by atomic mass is 32.2. The summed E-state index contributed by atoms with van der Waals surface area (Å²) < 4.78 is -1.49. The normalized spacial score (nSPS) is 30.7. The predicted molar refractivity (Wildman–Crippen MR) is 349 cm³/mol. The van der Waals surface area contributed by atoms with E-state index in [1.807, 2.05) is 56.3 Å². The zero-order valence-electron chi connectivity index (χ0n) is 54.7. The molecular formula is C67H97N11O10S2. The molecule has 0 spiro atoms. The highest BCUT2D eigenvalue weighted by Gasteiger charge is 2.61. The maximum Gasteiger partial charge on any atom is 0.258 e. The summed E-state index contributed by atoms with van der Waals surface area (Å²) in [5.74, 6) is -7.13. The molecule has 5 heterocycles. The highest BCUT2D eigenvalue weighted by molar-refractivity contribution is 8.10. The van der Waals surface area contributed by atoms with Crippen LogP contribution in [0.15, 0.2) is 74.6 Å². The first-order valence-corrected chi connectivity index (χ1v) is 34.2. The summed E-state index contributed by atoms with van der Waals surface area (Å²) in [5, 5.41) is 14.8. The standard InChI is InChI=1S/C67H97N11O10S2/c1-36(2)52-61(84)70-45(25-17-29-68)57(80)72-53(37(3)4)64(87)76(12)49(33-40-21-14-13-15-22-40)62(85)78-32-20-28-48(78)59(82)73-54(38(5)6)63(86)75(11)47(26-18-30-69)58(81)74-55(39(7)8)65(88)77-31-19-27-46(77)56(79)50-34-43-41-23-16-24-42(41)44-35-51(60(83)71-52)90-67(44,10)66(43,9)89-50/h13-15,21-22,34-39,45-49,52-55H,16-20,23-33,68-69H2,1-12H3,(H,70,84)(H,71,83)(H,72,80)(H,73,82)(H,74,81)/t45-,46+,47-,48-,49+,52-,53-,54-,55-,66-,67-/m0/s1. The molecule has 2 aliphatic carbocycles. The number of carbonyl (C=O) groups excluding carboxylic acids is 10. The van der Waals surface area contributed by atoms with Crippen LogP contribution in [0.3, 0.4) is 0 Å². The highest BCUT2D eigenvalue weighted by Crippen LogP contribution is 2.68. The van der Waals surface area contributed by atoms with Gasteiger partial charge in [-0.15, -0.1) is 23.5 Å². The van der Waals surface area contributed by atoms with Gasteiger partial charge in [0.2, 0.25) is 47.3 Å². The molecule has 21 nitrogen and oxygen atoms in total. The monoisotopic (exact) mass is 1280 g/mol. The van der Waals surface area contributed by atoms with Crippen LogP contribution in [0.5, 0.6) is 0 Å². The molecule has 7 aliphatic rings. The number of hydrogen-bond acceptors (Lipinski definition) is 14. The molecule has 492 valence electrons. The molecule has 1 aromatic rings. The molecule has 4 bridgehead atoms. The minimum Gasteiger partial charge on any atom is -0.343 e. The van der Waals surface area contributed by atoms with Gasteiger partial charge in [-0.25, -0.2) is 0 Å². The van der Waals surface area contributed by atoms with Crippen LogP contribution in [0.2, 0.25) is 0 Å². The molecule has 0 radical (unpaired) electrons. The second-order valence-corrected chi connectivity index (χ2v) is 30.0. The van der Waals surface area contributed by atoms with E-state index in [0.717, 1.165) is 47.1 Å². The number of nitrogens with one attached hydrogen (secondary N) is 5. The summed E-state index contributed by atoms with van der Waals surface area (Å²) in [5.41, 5.74) is 17.1. The number of Topliss-reactive ketones (excluding diaryl/α,β-unsaturated/α-hetero) is 1. The molecule has 90 heavy (non-hydrogen) atoms. The van der Waals surface area contributed by atoms with Crippen molar-refractivity contribution >= 4 is 82.5 Å². The quantitative estimate of drug-likeness (QED) is 0.151. The second kappa shape index (κ2) is 29.1. The first kappa shape index (κ1) is 69.6. The Bertz CT molecular complexity index is 3110. The van der Waals surface area contributed by atoms with Crippen molar-refractivity contribution in [3.05, 3.63) is 80.2 Å². The van der Waals surface area contributed by atoms with Gasteiger partial charge in [0.05, 0.1) is 25.3 Å². The Morgan fingerprint density at radius 1 is 0.522 bits per heavy atom. The Labute approximate surface area is 539 Å². The molecule has 9 N–H and O–H groups in total. The molecule has 11 atom stereocenters. The lowest BCUT2D eigenvalue weighted by atomic mass is 9.72. The molecular weight excluding hydrogens is 1180 g/mol. The average molecular weight is 1280 g/mol. The molecule has 0 unspecified atom stereocenters. The number of nitrogens with zero attached hydrogens (tertiary/aromatic N) is 4. The van der Waals surface area contributed by atoms with Gasteiger partial charge in [0.25, 0.3) is 5.91 Å². The van der Waals surface area contributed by atoms with Crippen molar-refractivity contribution in [2.75, 3.05) is 40.3 Å². The Balaban J connectivity index is 1.17. The molecule has 1 aromatic carbocycles. The minimum absolute atomic E-state index is 0.0515. The predicted octanol–water partition coefficient (Wildman–Crippen LogP) is 4.54. The van der Waals surface area contributed by atoms with Gasteiger partial charge >= 0.3 is 0 Å². The van der Waals surface area contributed by atoms with E-state index in [-0.39, 0.29) is 57.6 Å². The minimum atomic E-state index is -1.20. The van der Waals surface area contributed by atoms with E-state index in [2.05, 4.69) is 40.4 Å². The largest absolute Gasteiger partial charge is 0.343 e. The Kier molecular flexibility index (Phi) is 22.5. The van der Waals surface area contributed by atoms with Gasteiger partial charge in [-0.1, -0.05) is 85.7 Å². The van der Waals surface area contributed by atoms with Crippen LogP contribution in [0.4, 0.5) is 0 Å². The number of benzene rings is 1. The maximum atomic E-state index is 15.3. The lowest BCUT2D eigenvalue weighted by Gasteiger charge is -2.47. The number of likely N-dealkylation sites (N-methyl/N-ethyl adjacent to an activating group) is 2. The van der Waals surface area contributed by atoms with Crippen molar-refractivity contribution in [1.82, 2.24) is 46.2 Å². The SMILES string of the molecule is CC(C)[C@@H]1NC(=O)C2=CC3=C4CCCC4=C4C=C(S[C@]4(C)[C@@]3(C)S2)C(=O)[C@H]2CCCN2C(=O)[C@H](C(C)C)NC(=O)[C@H](CCCN)N(C)C(=O)[C@H](C(C)C)NC(=O)[C@@H]2CCCN2C(=O)[C@@H](Cc2ccccc2)N(C)C(=O)[C@H](C(C)C)NC(=O)[C@H](CCCN)NC1=O. The van der Waals surface area contributed by atoms with Crippen molar-refractivity contribution < 1.29 is 47.9 Å². The van der Waals surface area contributed by atoms with Crippen LogP contribution in [0.25, 0.3) is 0 Å². The fourth-order valence-corrected chi connectivity index (χ4v) is 17.1. The third kappa shape index (κ3) is 14.0. The van der Waals surface area contributed by atoms with Crippen molar-refractivity contribution in [3.63, 3.8) is 0 Å². The fourth-order valence-electron chi connectivity index (χ4n) is 14.0. The number of ketones is 1. The Hall–Kier alpha value is -6.30. The number of rotatable bonds is 12. The van der Waals surface area contributed by atoms with Crippen molar-refractivity contribution in [1.29, 1.82) is 0 Å². The third-order valence-corrected chi connectivity index (χ3v) is 22.8. The van der Waals surface area contributed by atoms with E-state index in [9.17, 15) is 28.8 Å². The van der Waals surface area contributed by atoms with Gasteiger partial charge in [0.1, 0.15) is 48.3 Å². The average Bonchev–Trinajstić information content (AvgIpc) is 1.51. The lowest BCUT2D eigenvalue weighted by molar-refractivity contribution is -0.150. The smallest absolute Gasteiger partial charge is 0.258 e. The van der Waals surface area contributed by atoms with Crippen molar-refractivity contribution in [3.8, 4) is 0 Å². The number of thioether (sulfide) groups is 2. The van der Waals surface area contributed by atoms with Crippen LogP contribution in [-0.4, -0.2) is 183 Å². The summed E-state index contributed by atoms with van der Waals surface area (Å²) in [7, 11) is 2.99. The van der Waals surface area contributed by atoms with Gasteiger partial charge in [0, 0.05) is 33.6 Å². The molecule has 4 fully saturated rings. The summed E-state index contributed by atoms with van der Waals surface area (Å²) in [6, 6.07) is -0.748. The first-order chi connectivity index (χ1) is 42.6. The number of fused-ring (bicyclic) bond motifs is 5. The zero-order chi connectivity index (χ0) is 65.8. The molecule has 3 saturated heterocycles. The lowest BCUT2D eigenvalue weighted by Crippen LogP contribution is -2.62. The molecule has 1 saturated carbocycles. The van der Waals surface area contributed by atoms with Crippen LogP contribution in [-0.2, 0) is 54.4 Å². The number of amides is 9. The van der Waals surface area contributed by atoms with E-state index in [0.29, 0.717) is 41.9 Å². The van der Waals surface area contributed by atoms with Gasteiger partial charge in [0.15, 0.2) is 5.78 Å². The molecule has 23 heteroatoms. The van der Waals surface area contributed by atoms with Crippen molar-refractivity contribution in [2.24, 2.45) is 35.1 Å². The summed E-state index contributed by atoms with van der Waals surface area (Å²) >= 11 is 2.85. The molecule has 9 amide bonds. The Morgan fingerprint density at radius 3 is 1.56 bits per heavy atom. The van der Waals surface area contributed by atoms with E-state index in [1.54, 1.807) is 46.4 Å². The van der Waals surface area contributed by atoms with Gasteiger partial charge in [-0.3, -0.25) is 47.9 Å². The fraction of sp³-hybridized carbons (Fsp3) is 0.642. The second-order valence-electron chi connectivity index (χ2n) is 27.1. The van der Waals surface area contributed by atoms with Crippen molar-refractivity contribution in [2.45, 2.75) is 210 Å². The summed E-state index contributed by atoms with van der Waals surface area (Å²) in [4.78, 5) is 156. The number of carbonyl (C=O) groups is 10. The van der Waals surface area contributed by atoms with E-state index < -0.39 is 141 Å². The first-order valence-electron chi connectivity index (χ1n) is 32.5. The van der Waals surface area contributed by atoms with Gasteiger partial charge in [-0.05, 0) is 161 Å². The molecule has 0 aromatic heterocycles. The van der Waals surface area contributed by atoms with Crippen LogP contribution in [0, 0.1) is 23.7 Å². The van der Waals surface area contributed by atoms with Gasteiger partial charge < -0.3 is 57.7 Å². The maximum absolute atomic E-state index is 15.3. The van der Waals surface area contributed by atoms with Crippen LogP contribution >= 0.6 is 23.5 Å². The molecule has 8 rings (SSSR count). The van der Waals surface area contributed by atoms with E-state index >= 15 is 19.2 Å². The number of allylic oxidation sites excluding steroid dienone is 4. The van der Waals surface area contributed by atoms with Crippen LogP contribution < -0.4 is 38.1 Å². The van der Waals surface area contributed by atoms with Gasteiger partial charge in [-0.2, -0.15) is 0 Å². The number of hydrogen-bond donors (Lipinski definition) is 7. The van der Waals surface area contributed by atoms with Crippen LogP contribution in [0.1, 0.15) is 145 Å².